The van der Waals surface area contributed by atoms with E-state index in [0.717, 1.165) is 31.2 Å². The summed E-state index contributed by atoms with van der Waals surface area (Å²) in [5, 5.41) is 0.220. The molecule has 0 radical (unpaired) electrons. The molecule has 1 fully saturated rings. The van der Waals surface area contributed by atoms with Gasteiger partial charge in [0.15, 0.2) is 0 Å². The lowest BCUT2D eigenvalue weighted by Gasteiger charge is -2.31. The molecule has 4 nitrogen and oxygen atoms in total. The molecular formula is C15H23ClN2O2S. The summed E-state index contributed by atoms with van der Waals surface area (Å²) in [4.78, 5) is 0.0766. The van der Waals surface area contributed by atoms with E-state index < -0.39 is 10.0 Å². The average Bonchev–Trinajstić information content (AvgIpc) is 2.43. The van der Waals surface area contributed by atoms with Gasteiger partial charge in [-0.05, 0) is 43.4 Å². The molecule has 1 aromatic rings. The fraction of sp³-hybridized carbons (Fsp3) is 0.600. The van der Waals surface area contributed by atoms with Gasteiger partial charge in [0, 0.05) is 11.7 Å². The minimum absolute atomic E-state index is 0.00709. The van der Waals surface area contributed by atoms with E-state index in [-0.39, 0.29) is 16.0 Å². The van der Waals surface area contributed by atoms with Crippen LogP contribution in [0.4, 0.5) is 5.69 Å². The topological polar surface area (TPSA) is 72.2 Å². The van der Waals surface area contributed by atoms with E-state index in [1.165, 1.54) is 12.5 Å². The van der Waals surface area contributed by atoms with Crippen LogP contribution in [0.25, 0.3) is 0 Å². The number of nitrogens with one attached hydrogen (secondary N) is 1. The maximum absolute atomic E-state index is 12.6. The Kier molecular flexibility index (Phi) is 5.17. The summed E-state index contributed by atoms with van der Waals surface area (Å²) in [5.41, 5.74) is 7.04. The third-order valence-electron chi connectivity index (χ3n) is 4.35. The summed E-state index contributed by atoms with van der Waals surface area (Å²) in [5.74, 6) is 0.398. The normalized spacial score (nSPS) is 23.2. The van der Waals surface area contributed by atoms with Gasteiger partial charge in [0.25, 0.3) is 0 Å². The van der Waals surface area contributed by atoms with Gasteiger partial charge in [0.1, 0.15) is 4.90 Å². The van der Waals surface area contributed by atoms with Gasteiger partial charge in [-0.3, -0.25) is 0 Å². The molecule has 1 aromatic carbocycles. The van der Waals surface area contributed by atoms with E-state index in [0.29, 0.717) is 11.6 Å². The second-order valence-corrected chi connectivity index (χ2v) is 7.91. The standard InChI is InChI=1S/C15H23ClN2O2S/c1-3-11-6-4-5-7-14(11)18-21(19,20)15-9-13(17)10(2)8-12(15)16/h8-9,11,14,18H,3-7,17H2,1-2H3. The maximum Gasteiger partial charge on any atom is 0.242 e. The zero-order valence-corrected chi connectivity index (χ0v) is 14.1. The monoisotopic (exact) mass is 330 g/mol. The third kappa shape index (κ3) is 3.71. The molecule has 21 heavy (non-hydrogen) atoms. The predicted molar refractivity (Wildman–Crippen MR) is 87.0 cm³/mol. The highest BCUT2D eigenvalue weighted by Gasteiger charge is 2.29. The molecule has 1 aliphatic rings. The molecule has 0 spiro atoms. The summed E-state index contributed by atoms with van der Waals surface area (Å²) in [6, 6.07) is 3.04. The van der Waals surface area contributed by atoms with Crippen molar-refractivity contribution >= 4 is 27.3 Å². The first-order valence-electron chi connectivity index (χ1n) is 7.43. The predicted octanol–water partition coefficient (Wildman–Crippen LogP) is 3.48. The van der Waals surface area contributed by atoms with E-state index in [1.807, 2.05) is 0 Å². The second-order valence-electron chi connectivity index (χ2n) is 5.82. The number of benzene rings is 1. The summed E-state index contributed by atoms with van der Waals surface area (Å²) in [6.07, 6.45) is 5.18. The summed E-state index contributed by atoms with van der Waals surface area (Å²) in [6.45, 7) is 3.91. The van der Waals surface area contributed by atoms with E-state index >= 15 is 0 Å². The molecule has 0 bridgehead atoms. The number of nitrogens with two attached hydrogens (primary N) is 1. The van der Waals surface area contributed by atoms with Gasteiger partial charge in [0.05, 0.1) is 5.02 Å². The molecule has 2 atom stereocenters. The van der Waals surface area contributed by atoms with Crippen LogP contribution in [0.1, 0.15) is 44.6 Å². The van der Waals surface area contributed by atoms with Gasteiger partial charge in [-0.25, -0.2) is 13.1 Å². The van der Waals surface area contributed by atoms with Crippen LogP contribution in [-0.2, 0) is 10.0 Å². The molecule has 0 saturated heterocycles. The fourth-order valence-electron chi connectivity index (χ4n) is 2.99. The van der Waals surface area contributed by atoms with E-state index in [9.17, 15) is 8.42 Å². The van der Waals surface area contributed by atoms with Gasteiger partial charge in [0.2, 0.25) is 10.0 Å². The Bertz CT molecular complexity index is 616. The molecule has 0 aromatic heterocycles. The molecule has 6 heteroatoms. The van der Waals surface area contributed by atoms with Crippen LogP contribution >= 0.6 is 11.6 Å². The number of rotatable bonds is 4. The zero-order chi connectivity index (χ0) is 15.6. The quantitative estimate of drug-likeness (QED) is 0.830. The van der Waals surface area contributed by atoms with Crippen LogP contribution in [0.3, 0.4) is 0 Å². The highest BCUT2D eigenvalue weighted by atomic mass is 35.5. The van der Waals surface area contributed by atoms with Crippen LogP contribution in [-0.4, -0.2) is 14.5 Å². The SMILES string of the molecule is CCC1CCCCC1NS(=O)(=O)c1cc(N)c(C)cc1Cl. The van der Waals surface area contributed by atoms with Crippen molar-refractivity contribution < 1.29 is 8.42 Å². The number of anilines is 1. The lowest BCUT2D eigenvalue weighted by Crippen LogP contribution is -2.41. The third-order valence-corrected chi connectivity index (χ3v) is 6.30. The highest BCUT2D eigenvalue weighted by molar-refractivity contribution is 7.89. The maximum atomic E-state index is 12.6. The lowest BCUT2D eigenvalue weighted by atomic mass is 9.83. The van der Waals surface area contributed by atoms with Gasteiger partial charge in [-0.2, -0.15) is 0 Å². The average molecular weight is 331 g/mol. The Labute approximate surface area is 132 Å². The largest absolute Gasteiger partial charge is 0.398 e. The molecule has 1 saturated carbocycles. The Hall–Kier alpha value is -0.780. The molecule has 2 unspecified atom stereocenters. The van der Waals surface area contributed by atoms with Crippen LogP contribution in [0, 0.1) is 12.8 Å². The fourth-order valence-corrected chi connectivity index (χ4v) is 4.95. The van der Waals surface area contributed by atoms with E-state index in [2.05, 4.69) is 11.6 Å². The Morgan fingerprint density at radius 3 is 2.67 bits per heavy atom. The van der Waals surface area contributed by atoms with Crippen molar-refractivity contribution in [2.24, 2.45) is 5.92 Å². The molecular weight excluding hydrogens is 308 g/mol. The molecule has 1 aliphatic carbocycles. The minimum Gasteiger partial charge on any atom is -0.398 e. The van der Waals surface area contributed by atoms with Crippen LogP contribution in [0.5, 0.6) is 0 Å². The number of nitrogen functional groups attached to an aromatic ring is 1. The Morgan fingerprint density at radius 1 is 1.33 bits per heavy atom. The Balaban J connectivity index is 2.28. The molecule has 118 valence electrons. The molecule has 0 heterocycles. The number of sulfonamides is 1. The van der Waals surface area contributed by atoms with Gasteiger partial charge in [-0.1, -0.05) is 37.8 Å². The number of hydrogen-bond acceptors (Lipinski definition) is 3. The van der Waals surface area contributed by atoms with E-state index in [4.69, 9.17) is 17.3 Å². The first-order valence-corrected chi connectivity index (χ1v) is 9.29. The second kappa shape index (κ2) is 6.55. The summed E-state index contributed by atoms with van der Waals surface area (Å²) < 4.78 is 28.0. The number of aryl methyl sites for hydroxylation is 1. The summed E-state index contributed by atoms with van der Waals surface area (Å²) >= 11 is 6.10. The highest BCUT2D eigenvalue weighted by Crippen LogP contribution is 2.30. The smallest absolute Gasteiger partial charge is 0.242 e. The van der Waals surface area contributed by atoms with Crippen molar-refractivity contribution in [3.8, 4) is 0 Å². The van der Waals surface area contributed by atoms with Crippen molar-refractivity contribution in [2.75, 3.05) is 5.73 Å². The van der Waals surface area contributed by atoms with Crippen molar-refractivity contribution in [3.63, 3.8) is 0 Å². The number of hydrogen-bond donors (Lipinski definition) is 2. The van der Waals surface area contributed by atoms with Gasteiger partial charge >= 0.3 is 0 Å². The molecule has 0 amide bonds. The van der Waals surface area contributed by atoms with Crippen molar-refractivity contribution in [2.45, 2.75) is 56.9 Å². The minimum atomic E-state index is -3.63. The van der Waals surface area contributed by atoms with Gasteiger partial charge < -0.3 is 5.73 Å². The lowest BCUT2D eigenvalue weighted by molar-refractivity contribution is 0.282. The molecule has 0 aliphatic heterocycles. The van der Waals surface area contributed by atoms with Crippen LogP contribution < -0.4 is 10.5 Å². The van der Waals surface area contributed by atoms with Crippen LogP contribution in [0.15, 0.2) is 17.0 Å². The number of halogens is 1. The Morgan fingerprint density at radius 2 is 2.00 bits per heavy atom. The summed E-state index contributed by atoms with van der Waals surface area (Å²) in [7, 11) is -3.63. The first kappa shape index (κ1) is 16.6. The van der Waals surface area contributed by atoms with E-state index in [1.54, 1.807) is 13.0 Å². The van der Waals surface area contributed by atoms with Crippen molar-refractivity contribution in [3.05, 3.63) is 22.7 Å². The molecule has 2 rings (SSSR count). The van der Waals surface area contributed by atoms with Crippen molar-refractivity contribution in [1.82, 2.24) is 4.72 Å². The van der Waals surface area contributed by atoms with Gasteiger partial charge in [-0.15, -0.1) is 0 Å². The van der Waals surface area contributed by atoms with Crippen molar-refractivity contribution in [1.29, 1.82) is 0 Å². The van der Waals surface area contributed by atoms with Crippen LogP contribution in [0.2, 0.25) is 5.02 Å². The first-order chi connectivity index (χ1) is 9.85. The molecule has 3 N–H and O–H groups in total. The zero-order valence-electron chi connectivity index (χ0n) is 12.5.